The third kappa shape index (κ3) is 3.74. The van der Waals surface area contributed by atoms with Crippen molar-refractivity contribution in [2.75, 3.05) is 25.6 Å². The number of benzene rings is 1. The summed E-state index contributed by atoms with van der Waals surface area (Å²) in [5, 5.41) is 11.9. The van der Waals surface area contributed by atoms with Gasteiger partial charge in [0.05, 0.1) is 11.3 Å². The SMILES string of the molecule is CN(C(=O)Nc1c(Br)cccc1C(=O)O)C1CCOCC1. The molecular formula is C14H17BrN2O4. The normalized spacial score (nSPS) is 15.5. The fourth-order valence-electron chi connectivity index (χ4n) is 2.26. The lowest BCUT2D eigenvalue weighted by atomic mass is 10.1. The zero-order valence-electron chi connectivity index (χ0n) is 11.6. The van der Waals surface area contributed by atoms with Crippen molar-refractivity contribution in [3.05, 3.63) is 28.2 Å². The molecule has 2 rings (SSSR count). The van der Waals surface area contributed by atoms with Gasteiger partial charge in [0, 0.05) is 30.8 Å². The number of amides is 2. The van der Waals surface area contributed by atoms with E-state index in [1.54, 1.807) is 24.1 Å². The molecular weight excluding hydrogens is 340 g/mol. The molecule has 1 fully saturated rings. The Labute approximate surface area is 131 Å². The molecule has 1 aliphatic rings. The summed E-state index contributed by atoms with van der Waals surface area (Å²) in [6.07, 6.45) is 1.57. The number of nitrogens with zero attached hydrogens (tertiary/aromatic N) is 1. The van der Waals surface area contributed by atoms with Crippen molar-refractivity contribution in [1.29, 1.82) is 0 Å². The van der Waals surface area contributed by atoms with Gasteiger partial charge in [0.2, 0.25) is 0 Å². The van der Waals surface area contributed by atoms with Gasteiger partial charge in [-0.3, -0.25) is 0 Å². The number of carboxylic acid groups (broad SMARTS) is 1. The molecule has 21 heavy (non-hydrogen) atoms. The number of hydrogen-bond donors (Lipinski definition) is 2. The Bertz CT molecular complexity index is 544. The highest BCUT2D eigenvalue weighted by molar-refractivity contribution is 9.10. The monoisotopic (exact) mass is 356 g/mol. The lowest BCUT2D eigenvalue weighted by Crippen LogP contribution is -2.43. The minimum absolute atomic E-state index is 0.0538. The van der Waals surface area contributed by atoms with Crippen LogP contribution in [0.1, 0.15) is 23.2 Å². The molecule has 0 radical (unpaired) electrons. The number of carbonyl (C=O) groups excluding carboxylic acids is 1. The molecule has 0 aromatic heterocycles. The van der Waals surface area contributed by atoms with E-state index in [1.165, 1.54) is 6.07 Å². The quantitative estimate of drug-likeness (QED) is 0.872. The Balaban J connectivity index is 2.13. The largest absolute Gasteiger partial charge is 0.478 e. The zero-order chi connectivity index (χ0) is 15.4. The second-order valence-electron chi connectivity index (χ2n) is 4.85. The van der Waals surface area contributed by atoms with E-state index < -0.39 is 5.97 Å². The summed E-state index contributed by atoms with van der Waals surface area (Å²) in [7, 11) is 1.71. The number of hydrogen-bond acceptors (Lipinski definition) is 3. The fraction of sp³-hybridized carbons (Fsp3) is 0.429. The third-order valence-electron chi connectivity index (χ3n) is 3.53. The van der Waals surface area contributed by atoms with E-state index in [0.717, 1.165) is 12.8 Å². The van der Waals surface area contributed by atoms with Crippen LogP contribution in [0.2, 0.25) is 0 Å². The Kier molecular flexibility index (Phi) is 5.19. The summed E-state index contributed by atoms with van der Waals surface area (Å²) in [5.41, 5.74) is 0.326. The maximum atomic E-state index is 12.3. The van der Waals surface area contributed by atoms with Crippen molar-refractivity contribution in [1.82, 2.24) is 4.90 Å². The van der Waals surface area contributed by atoms with E-state index in [2.05, 4.69) is 21.2 Å². The number of carboxylic acids is 1. The smallest absolute Gasteiger partial charge is 0.337 e. The van der Waals surface area contributed by atoms with Crippen LogP contribution >= 0.6 is 15.9 Å². The van der Waals surface area contributed by atoms with Crippen LogP contribution in [0.5, 0.6) is 0 Å². The molecule has 1 aromatic carbocycles. The topological polar surface area (TPSA) is 78.9 Å². The summed E-state index contributed by atoms with van der Waals surface area (Å²) >= 11 is 3.27. The predicted molar refractivity (Wildman–Crippen MR) is 81.7 cm³/mol. The summed E-state index contributed by atoms with van der Waals surface area (Å²) in [6.45, 7) is 1.27. The zero-order valence-corrected chi connectivity index (χ0v) is 13.2. The molecule has 114 valence electrons. The number of anilines is 1. The van der Waals surface area contributed by atoms with E-state index in [-0.39, 0.29) is 23.3 Å². The molecule has 0 bridgehead atoms. The second kappa shape index (κ2) is 6.91. The average Bonchev–Trinajstić information content (AvgIpc) is 2.49. The van der Waals surface area contributed by atoms with E-state index in [4.69, 9.17) is 4.74 Å². The Hall–Kier alpha value is -1.60. The number of ether oxygens (including phenoxy) is 1. The molecule has 0 spiro atoms. The first-order chi connectivity index (χ1) is 10.0. The molecule has 1 aromatic rings. The Morgan fingerprint density at radius 3 is 2.67 bits per heavy atom. The first-order valence-corrected chi connectivity index (χ1v) is 7.43. The van der Waals surface area contributed by atoms with Crippen LogP contribution in [0.15, 0.2) is 22.7 Å². The van der Waals surface area contributed by atoms with E-state index in [0.29, 0.717) is 17.7 Å². The number of para-hydroxylation sites is 1. The average molecular weight is 357 g/mol. The first kappa shape index (κ1) is 15.8. The van der Waals surface area contributed by atoms with Crippen molar-refractivity contribution in [3.63, 3.8) is 0 Å². The Morgan fingerprint density at radius 2 is 2.05 bits per heavy atom. The highest BCUT2D eigenvalue weighted by Crippen LogP contribution is 2.27. The van der Waals surface area contributed by atoms with E-state index >= 15 is 0 Å². The molecule has 1 heterocycles. The molecule has 0 saturated carbocycles. The molecule has 6 nitrogen and oxygen atoms in total. The van der Waals surface area contributed by atoms with Gasteiger partial charge in [-0.05, 0) is 40.9 Å². The third-order valence-corrected chi connectivity index (χ3v) is 4.20. The van der Waals surface area contributed by atoms with Crippen LogP contribution in [-0.2, 0) is 4.74 Å². The molecule has 0 aliphatic carbocycles. The Morgan fingerprint density at radius 1 is 1.38 bits per heavy atom. The first-order valence-electron chi connectivity index (χ1n) is 6.64. The molecule has 2 amide bonds. The molecule has 2 N–H and O–H groups in total. The van der Waals surface area contributed by atoms with Gasteiger partial charge in [0.15, 0.2) is 0 Å². The van der Waals surface area contributed by atoms with Crippen molar-refractivity contribution in [3.8, 4) is 0 Å². The number of halogens is 1. The van der Waals surface area contributed by atoms with Gasteiger partial charge < -0.3 is 20.1 Å². The number of nitrogens with one attached hydrogen (secondary N) is 1. The molecule has 7 heteroatoms. The standard InChI is InChI=1S/C14H17BrN2O4/c1-17(9-5-7-21-8-6-9)14(20)16-12-10(13(18)19)3-2-4-11(12)15/h2-4,9H,5-8H2,1H3,(H,16,20)(H,18,19). The number of urea groups is 1. The highest BCUT2D eigenvalue weighted by Gasteiger charge is 2.24. The minimum atomic E-state index is -1.08. The maximum Gasteiger partial charge on any atom is 0.337 e. The lowest BCUT2D eigenvalue weighted by Gasteiger charge is -2.31. The highest BCUT2D eigenvalue weighted by atomic mass is 79.9. The van der Waals surface area contributed by atoms with Gasteiger partial charge in [-0.2, -0.15) is 0 Å². The van der Waals surface area contributed by atoms with Crippen LogP contribution in [0.25, 0.3) is 0 Å². The number of carbonyl (C=O) groups is 2. The number of rotatable bonds is 3. The summed E-state index contributed by atoms with van der Waals surface area (Å²) in [5.74, 6) is -1.08. The van der Waals surface area contributed by atoms with E-state index in [1.807, 2.05) is 0 Å². The second-order valence-corrected chi connectivity index (χ2v) is 5.71. The summed E-state index contributed by atoms with van der Waals surface area (Å²) < 4.78 is 5.81. The van der Waals surface area contributed by atoms with Crippen LogP contribution < -0.4 is 5.32 Å². The van der Waals surface area contributed by atoms with Crippen molar-refractivity contribution < 1.29 is 19.4 Å². The van der Waals surface area contributed by atoms with Crippen LogP contribution in [-0.4, -0.2) is 48.3 Å². The van der Waals surface area contributed by atoms with Gasteiger partial charge in [-0.15, -0.1) is 0 Å². The van der Waals surface area contributed by atoms with E-state index in [9.17, 15) is 14.7 Å². The van der Waals surface area contributed by atoms with Gasteiger partial charge in [0.25, 0.3) is 0 Å². The van der Waals surface area contributed by atoms with Crippen molar-refractivity contribution >= 4 is 33.6 Å². The van der Waals surface area contributed by atoms with Crippen molar-refractivity contribution in [2.45, 2.75) is 18.9 Å². The summed E-state index contributed by atoms with van der Waals surface area (Å²) in [6, 6.07) is 4.55. The molecule has 1 aliphatic heterocycles. The van der Waals surface area contributed by atoms with Crippen LogP contribution in [0.3, 0.4) is 0 Å². The lowest BCUT2D eigenvalue weighted by molar-refractivity contribution is 0.0544. The van der Waals surface area contributed by atoms with Crippen LogP contribution in [0.4, 0.5) is 10.5 Å². The van der Waals surface area contributed by atoms with Crippen molar-refractivity contribution in [2.24, 2.45) is 0 Å². The molecule has 0 atom stereocenters. The maximum absolute atomic E-state index is 12.3. The minimum Gasteiger partial charge on any atom is -0.478 e. The van der Waals surface area contributed by atoms with Crippen LogP contribution in [0, 0.1) is 0 Å². The molecule has 0 unspecified atom stereocenters. The van der Waals surface area contributed by atoms with Gasteiger partial charge in [-0.25, -0.2) is 9.59 Å². The molecule has 1 saturated heterocycles. The van der Waals surface area contributed by atoms with Gasteiger partial charge >= 0.3 is 12.0 Å². The van der Waals surface area contributed by atoms with Gasteiger partial charge in [0.1, 0.15) is 0 Å². The fourth-order valence-corrected chi connectivity index (χ4v) is 2.73. The summed E-state index contributed by atoms with van der Waals surface area (Å²) in [4.78, 5) is 25.1. The number of aromatic carboxylic acids is 1. The van der Waals surface area contributed by atoms with Gasteiger partial charge in [-0.1, -0.05) is 6.07 Å². The predicted octanol–water partition coefficient (Wildman–Crippen LogP) is 2.79.